The molecule has 13 nitrogen and oxygen atoms in total. The van der Waals surface area contributed by atoms with Crippen molar-refractivity contribution in [2.24, 2.45) is 0 Å². The first-order valence-electron chi connectivity index (χ1n) is 11.6. The maximum Gasteiger partial charge on any atom is 0.340 e. The second kappa shape index (κ2) is 10.3. The molecule has 0 spiro atoms. The number of pyridine rings is 1. The number of hydrogen-bond acceptors (Lipinski definition) is 9. The standard InChI is InChI=1S/C20H24ClF5N4O9P2S/c1-10(11-3-2-4-12(5-11)42(22,23,24,25)26)28-14-6-16(21)29-19-13(14)7-27-30(19)20-18(32)17(31)15(39-20)8-38-41(36,37)9-40(33,34)35/h2-7,10,15,17-18,20,31-32H,8-9H2,1H3,(H,28,29)(H,36,37)(H2,33,34,35)/t10-,15-,17+,18?,20-/m1/s1. The lowest BCUT2D eigenvalue weighted by molar-refractivity contribution is -0.0541. The summed E-state index contributed by atoms with van der Waals surface area (Å²) >= 11 is 6.13. The highest BCUT2D eigenvalue weighted by Gasteiger charge is 2.65. The van der Waals surface area contributed by atoms with Gasteiger partial charge in [0.1, 0.15) is 28.4 Å². The van der Waals surface area contributed by atoms with Crippen molar-refractivity contribution in [2.75, 3.05) is 17.8 Å². The van der Waals surface area contributed by atoms with Crippen molar-refractivity contribution in [3.8, 4) is 0 Å². The Labute approximate surface area is 238 Å². The minimum absolute atomic E-state index is 0.0508. The van der Waals surface area contributed by atoms with Crippen molar-refractivity contribution < 1.29 is 62.7 Å². The van der Waals surface area contributed by atoms with Gasteiger partial charge in [-0.05, 0) is 30.7 Å². The Morgan fingerprint density at radius 1 is 1.14 bits per heavy atom. The Morgan fingerprint density at radius 3 is 2.43 bits per heavy atom. The molecule has 0 saturated carbocycles. The van der Waals surface area contributed by atoms with E-state index in [2.05, 4.69) is 19.9 Å². The van der Waals surface area contributed by atoms with E-state index in [4.69, 9.17) is 26.1 Å². The average molecular weight is 689 g/mol. The molecule has 3 heterocycles. The maximum absolute atomic E-state index is 13.3. The lowest BCUT2D eigenvalue weighted by atomic mass is 10.1. The van der Waals surface area contributed by atoms with E-state index < -0.39 is 73.4 Å². The van der Waals surface area contributed by atoms with Crippen LogP contribution in [0.25, 0.3) is 11.0 Å². The molecule has 1 aliphatic heterocycles. The number of fused-ring (bicyclic) bond motifs is 1. The Hall–Kier alpha value is -1.89. The van der Waals surface area contributed by atoms with Gasteiger partial charge < -0.3 is 39.5 Å². The summed E-state index contributed by atoms with van der Waals surface area (Å²) in [5.74, 6) is -1.49. The van der Waals surface area contributed by atoms with Crippen molar-refractivity contribution in [2.45, 2.75) is 42.4 Å². The number of nitrogens with zero attached hydrogens (tertiary/aromatic N) is 3. The summed E-state index contributed by atoms with van der Waals surface area (Å²) in [5.41, 5.74) is -0.0205. The van der Waals surface area contributed by atoms with Gasteiger partial charge in [0.15, 0.2) is 17.8 Å². The monoisotopic (exact) mass is 688 g/mol. The van der Waals surface area contributed by atoms with Gasteiger partial charge in [-0.1, -0.05) is 43.2 Å². The summed E-state index contributed by atoms with van der Waals surface area (Å²) in [5, 5.41) is 27.9. The molecular formula is C20H24ClF5N4O9P2S. The number of aliphatic hydroxyl groups is 2. The molecule has 1 fully saturated rings. The minimum atomic E-state index is -9.93. The van der Waals surface area contributed by atoms with Gasteiger partial charge in [0.25, 0.3) is 0 Å². The van der Waals surface area contributed by atoms with Gasteiger partial charge in [-0.2, -0.15) is 5.10 Å². The molecule has 1 aromatic carbocycles. The van der Waals surface area contributed by atoms with Crippen LogP contribution in [0.15, 0.2) is 41.4 Å². The Morgan fingerprint density at radius 2 is 1.81 bits per heavy atom. The van der Waals surface area contributed by atoms with E-state index in [-0.39, 0.29) is 33.5 Å². The summed E-state index contributed by atoms with van der Waals surface area (Å²) in [7, 11) is -19.7. The molecule has 4 rings (SSSR count). The van der Waals surface area contributed by atoms with Crippen LogP contribution in [-0.2, 0) is 18.4 Å². The molecule has 1 saturated heterocycles. The first-order valence-corrected chi connectivity index (χ1v) is 17.5. The highest BCUT2D eigenvalue weighted by atomic mass is 35.5. The molecule has 42 heavy (non-hydrogen) atoms. The first kappa shape index (κ1) is 33.0. The van der Waals surface area contributed by atoms with Gasteiger partial charge in [-0.25, -0.2) is 9.67 Å². The number of nitrogens with one attached hydrogen (secondary N) is 1. The molecule has 0 aliphatic carbocycles. The van der Waals surface area contributed by atoms with Crippen LogP contribution in [0.1, 0.15) is 24.8 Å². The van der Waals surface area contributed by atoms with E-state index in [0.717, 1.165) is 10.7 Å². The van der Waals surface area contributed by atoms with Gasteiger partial charge in [0.2, 0.25) is 0 Å². The lowest BCUT2D eigenvalue weighted by Crippen LogP contribution is -2.33. The van der Waals surface area contributed by atoms with Crippen molar-refractivity contribution in [3.63, 3.8) is 0 Å². The molecule has 6 atom stereocenters. The van der Waals surface area contributed by atoms with E-state index in [1.54, 1.807) is 0 Å². The van der Waals surface area contributed by atoms with Crippen LogP contribution < -0.4 is 5.32 Å². The number of ether oxygens (including phenoxy) is 1. The van der Waals surface area contributed by atoms with E-state index in [1.165, 1.54) is 25.3 Å². The van der Waals surface area contributed by atoms with Gasteiger partial charge in [0, 0.05) is 6.04 Å². The van der Waals surface area contributed by atoms with Gasteiger partial charge in [-0.3, -0.25) is 9.13 Å². The van der Waals surface area contributed by atoms with Crippen molar-refractivity contribution in [1.29, 1.82) is 0 Å². The minimum Gasteiger partial charge on any atom is -0.387 e. The summed E-state index contributed by atoms with van der Waals surface area (Å²) in [6.07, 6.45) is -5.15. The van der Waals surface area contributed by atoms with E-state index in [0.29, 0.717) is 6.07 Å². The SMILES string of the molecule is C[C@@H](Nc1cc(Cl)nc2c1cnn2[C@@H]1O[C@H](COP(=O)(O)CP(=O)(O)O)[C@H](O)C1O)c1cccc(S(F)(F)(F)(F)F)c1. The molecule has 236 valence electrons. The predicted molar refractivity (Wildman–Crippen MR) is 141 cm³/mol. The zero-order chi connectivity index (χ0) is 31.5. The summed E-state index contributed by atoms with van der Waals surface area (Å²) in [6, 6.07) is 3.00. The van der Waals surface area contributed by atoms with Crippen molar-refractivity contribution in [1.82, 2.24) is 14.8 Å². The molecule has 2 unspecified atom stereocenters. The fraction of sp³-hybridized carbons (Fsp3) is 0.400. The Balaban J connectivity index is 1.58. The third-order valence-electron chi connectivity index (χ3n) is 6.09. The maximum atomic E-state index is 13.3. The number of rotatable bonds is 10. The van der Waals surface area contributed by atoms with Crippen LogP contribution in [0, 0.1) is 0 Å². The number of benzene rings is 1. The van der Waals surface area contributed by atoms with E-state index in [9.17, 15) is 43.7 Å². The summed E-state index contributed by atoms with van der Waals surface area (Å²) in [4.78, 5) is 29.5. The topological polar surface area (TPSA) is 196 Å². The third kappa shape index (κ3) is 7.60. The molecule has 0 radical (unpaired) electrons. The average Bonchev–Trinajstić information content (AvgIpc) is 3.35. The molecule has 2 aromatic heterocycles. The van der Waals surface area contributed by atoms with Crippen LogP contribution >= 0.6 is 37.0 Å². The van der Waals surface area contributed by atoms with E-state index in [1.807, 2.05) is 0 Å². The highest BCUT2D eigenvalue weighted by molar-refractivity contribution is 8.45. The van der Waals surface area contributed by atoms with Crippen LogP contribution in [0.3, 0.4) is 0 Å². The first-order chi connectivity index (χ1) is 18.9. The number of hydrogen-bond donors (Lipinski definition) is 6. The Bertz CT molecular complexity index is 1610. The van der Waals surface area contributed by atoms with Gasteiger partial charge in [0.05, 0.1) is 23.9 Å². The summed E-state index contributed by atoms with van der Waals surface area (Å²) in [6.45, 7) is 0.560. The van der Waals surface area contributed by atoms with Crippen molar-refractivity contribution in [3.05, 3.63) is 47.2 Å². The highest BCUT2D eigenvalue weighted by Crippen LogP contribution is 3.02. The smallest absolute Gasteiger partial charge is 0.340 e. The van der Waals surface area contributed by atoms with Gasteiger partial charge >= 0.3 is 25.4 Å². The molecule has 3 aromatic rings. The van der Waals surface area contributed by atoms with Gasteiger partial charge in [-0.15, -0.1) is 0 Å². The van der Waals surface area contributed by atoms with E-state index >= 15 is 0 Å². The number of aliphatic hydroxyl groups excluding tert-OH is 2. The number of anilines is 1. The fourth-order valence-corrected chi connectivity index (χ4v) is 7.62. The summed E-state index contributed by atoms with van der Waals surface area (Å²) < 4.78 is 101. The second-order valence-electron chi connectivity index (χ2n) is 9.51. The quantitative estimate of drug-likeness (QED) is 0.0962. The zero-order valence-corrected chi connectivity index (χ0v) is 24.4. The predicted octanol–water partition coefficient (Wildman–Crippen LogP) is 4.87. The third-order valence-corrected chi connectivity index (χ3v) is 10.9. The molecule has 22 heteroatoms. The van der Waals surface area contributed by atoms with Crippen LogP contribution in [0.2, 0.25) is 5.15 Å². The Kier molecular flexibility index (Phi) is 8.13. The lowest BCUT2D eigenvalue weighted by Gasteiger charge is -2.40. The number of aromatic nitrogens is 3. The molecule has 0 bridgehead atoms. The molecule has 0 amide bonds. The van der Waals surface area contributed by atoms with Crippen molar-refractivity contribution >= 4 is 53.7 Å². The molecular weight excluding hydrogens is 665 g/mol. The normalized spacial score (nSPS) is 25.5. The largest absolute Gasteiger partial charge is 0.387 e. The van der Waals surface area contributed by atoms with Crippen LogP contribution in [0.5, 0.6) is 0 Å². The molecule has 6 N–H and O–H groups in total. The fourth-order valence-electron chi connectivity index (χ4n) is 4.17. The molecule has 1 aliphatic rings. The number of halogens is 6. The van der Waals surface area contributed by atoms with Crippen LogP contribution in [-0.4, -0.2) is 70.5 Å². The second-order valence-corrected chi connectivity index (χ2v) is 16.3. The zero-order valence-electron chi connectivity index (χ0n) is 21.0. The van der Waals surface area contributed by atoms with Crippen LogP contribution in [0.4, 0.5) is 25.1 Å².